The highest BCUT2D eigenvalue weighted by atomic mass is 35.5. The third-order valence-corrected chi connectivity index (χ3v) is 10.8. The van der Waals surface area contributed by atoms with Gasteiger partial charge in [0, 0.05) is 19.2 Å². The standard InChI is InChI=1S/C34H63ClN2O7S.ClH/c1-6-8-9-10-11-12-13-14-15-16-17-18-19-21-27(38)43-32-30(40)29(39)31(44-34(32)45(5)42)28(24(3)35)36-33(41)26-22-25(20-7-2)23-37(26)4;/h24-26,28-32,34,39-40H,6-23H2,1-5H3,(H,36,41);1H/t24-,25+,26-,28+,29+,30-,31+,32+,34+,45?;/m0./s1. The van der Waals surface area contributed by atoms with Crippen molar-refractivity contribution in [3.05, 3.63) is 0 Å². The Hall–Kier alpha value is -0.490. The number of unbranched alkanes of at least 4 members (excludes halogenated alkanes) is 12. The second-order valence-electron chi connectivity index (χ2n) is 13.5. The van der Waals surface area contributed by atoms with E-state index in [4.69, 9.17) is 21.1 Å². The van der Waals surface area contributed by atoms with Crippen molar-refractivity contribution in [1.29, 1.82) is 0 Å². The van der Waals surface area contributed by atoms with Crippen molar-refractivity contribution in [3.63, 3.8) is 0 Å². The van der Waals surface area contributed by atoms with Gasteiger partial charge in [0.25, 0.3) is 0 Å². The number of ether oxygens (including phenoxy) is 2. The third-order valence-electron chi connectivity index (χ3n) is 9.45. The summed E-state index contributed by atoms with van der Waals surface area (Å²) in [5.41, 5.74) is -1.18. The first-order valence-corrected chi connectivity index (χ1v) is 19.7. The number of likely N-dealkylation sites (N-methyl/N-ethyl adjacent to an activating group) is 1. The van der Waals surface area contributed by atoms with Gasteiger partial charge in [-0.2, -0.15) is 0 Å². The Bertz CT molecular complexity index is 886. The quantitative estimate of drug-likeness (QED) is 0.0724. The highest BCUT2D eigenvalue weighted by Gasteiger charge is 2.52. The maximum atomic E-state index is 13.3. The average Bonchev–Trinajstić information content (AvgIpc) is 3.36. The van der Waals surface area contributed by atoms with E-state index in [0.717, 1.165) is 45.1 Å². The summed E-state index contributed by atoms with van der Waals surface area (Å²) in [7, 11) is 0.255. The Balaban J connectivity index is 0.0000106. The van der Waals surface area contributed by atoms with Gasteiger partial charge >= 0.3 is 5.97 Å². The molecule has 0 aliphatic carbocycles. The van der Waals surface area contributed by atoms with Gasteiger partial charge in [0.05, 0.1) is 28.3 Å². The minimum Gasteiger partial charge on any atom is -0.456 e. The van der Waals surface area contributed by atoms with Gasteiger partial charge in [0.1, 0.15) is 18.3 Å². The van der Waals surface area contributed by atoms with Crippen LogP contribution in [0.5, 0.6) is 0 Å². The minimum absolute atomic E-state index is 0. The molecule has 9 nitrogen and oxygen atoms in total. The maximum absolute atomic E-state index is 13.3. The lowest BCUT2D eigenvalue weighted by atomic mass is 9.92. The summed E-state index contributed by atoms with van der Waals surface area (Å²) >= 11 is 6.49. The van der Waals surface area contributed by atoms with E-state index in [1.54, 1.807) is 6.92 Å². The molecule has 272 valence electrons. The molecule has 0 aromatic heterocycles. The highest BCUT2D eigenvalue weighted by molar-refractivity contribution is 7.84. The zero-order valence-electron chi connectivity index (χ0n) is 29.0. The smallest absolute Gasteiger partial charge is 0.306 e. The highest BCUT2D eigenvalue weighted by Crippen LogP contribution is 2.31. The molecule has 12 heteroatoms. The van der Waals surface area contributed by atoms with Crippen molar-refractivity contribution >= 4 is 46.7 Å². The predicted molar refractivity (Wildman–Crippen MR) is 189 cm³/mol. The fourth-order valence-corrected chi connectivity index (χ4v) is 7.88. The summed E-state index contributed by atoms with van der Waals surface area (Å²) in [6.07, 6.45) is 14.5. The fourth-order valence-electron chi connectivity index (χ4n) is 6.80. The van der Waals surface area contributed by atoms with Crippen molar-refractivity contribution in [1.82, 2.24) is 10.2 Å². The molecule has 10 atom stereocenters. The molecule has 2 aliphatic rings. The topological polar surface area (TPSA) is 125 Å². The van der Waals surface area contributed by atoms with Gasteiger partial charge in [-0.05, 0) is 39.2 Å². The van der Waals surface area contributed by atoms with Crippen LogP contribution in [0.25, 0.3) is 0 Å². The van der Waals surface area contributed by atoms with Crippen molar-refractivity contribution < 1.29 is 33.5 Å². The van der Waals surface area contributed by atoms with Gasteiger partial charge in [-0.25, -0.2) is 0 Å². The fraction of sp³-hybridized carbons (Fsp3) is 0.941. The molecular formula is C34H64Cl2N2O7S. The van der Waals surface area contributed by atoms with Crippen LogP contribution in [0.1, 0.15) is 130 Å². The van der Waals surface area contributed by atoms with Crippen LogP contribution >= 0.6 is 24.0 Å². The van der Waals surface area contributed by atoms with E-state index < -0.39 is 58.0 Å². The minimum atomic E-state index is -1.66. The van der Waals surface area contributed by atoms with Crippen molar-refractivity contribution in [2.75, 3.05) is 19.8 Å². The Morgan fingerprint density at radius 3 is 2.00 bits per heavy atom. The molecule has 46 heavy (non-hydrogen) atoms. The molecule has 2 heterocycles. The van der Waals surface area contributed by atoms with E-state index >= 15 is 0 Å². The van der Waals surface area contributed by atoms with Crippen LogP contribution < -0.4 is 5.32 Å². The number of nitrogens with zero attached hydrogens (tertiary/aromatic N) is 1. The summed E-state index contributed by atoms with van der Waals surface area (Å²) in [6, 6.07) is -1.20. The summed E-state index contributed by atoms with van der Waals surface area (Å²) in [5.74, 6) is -0.310. The summed E-state index contributed by atoms with van der Waals surface area (Å²) < 4.78 is 24.3. The Morgan fingerprint density at radius 1 is 0.957 bits per heavy atom. The largest absolute Gasteiger partial charge is 0.456 e. The lowest BCUT2D eigenvalue weighted by molar-refractivity contribution is -0.219. The van der Waals surface area contributed by atoms with Crippen LogP contribution in [0.3, 0.4) is 0 Å². The Kier molecular flexibility index (Phi) is 22.5. The van der Waals surface area contributed by atoms with Crippen molar-refractivity contribution in [2.45, 2.75) is 177 Å². The maximum Gasteiger partial charge on any atom is 0.306 e. The Labute approximate surface area is 292 Å². The summed E-state index contributed by atoms with van der Waals surface area (Å²) in [5, 5.41) is 24.4. The second-order valence-corrected chi connectivity index (χ2v) is 15.6. The number of aliphatic hydroxyl groups is 2. The molecule has 2 aliphatic heterocycles. The molecule has 0 spiro atoms. The molecule has 1 unspecified atom stereocenters. The number of carbonyl (C=O) groups is 2. The van der Waals surface area contributed by atoms with Gasteiger partial charge in [-0.3, -0.25) is 18.7 Å². The van der Waals surface area contributed by atoms with Crippen LogP contribution in [0.2, 0.25) is 0 Å². The monoisotopic (exact) mass is 714 g/mol. The first kappa shape index (κ1) is 43.5. The molecule has 0 aromatic rings. The van der Waals surface area contributed by atoms with E-state index in [-0.39, 0.29) is 30.8 Å². The van der Waals surface area contributed by atoms with Gasteiger partial charge in [0.15, 0.2) is 11.5 Å². The van der Waals surface area contributed by atoms with Gasteiger partial charge in [-0.15, -0.1) is 24.0 Å². The molecule has 2 fully saturated rings. The number of esters is 1. The lowest BCUT2D eigenvalue weighted by Crippen LogP contribution is -2.66. The van der Waals surface area contributed by atoms with Crippen LogP contribution in [-0.4, -0.2) is 98.4 Å². The number of nitrogens with one attached hydrogen (secondary N) is 1. The average molecular weight is 716 g/mol. The van der Waals surface area contributed by atoms with Crippen LogP contribution in [0.4, 0.5) is 0 Å². The van der Waals surface area contributed by atoms with E-state index in [2.05, 4.69) is 19.2 Å². The SMILES string of the molecule is CCCCCCCCCCCCCCCC(=O)O[C@@H]1[C@@H](O)[C@@H](O)[C@@H]([C@H](NC(=O)[C@@H]2C[C@@H](CCC)CN2C)[C@H](C)Cl)O[C@@H]1S(C)=O.Cl. The lowest BCUT2D eigenvalue weighted by Gasteiger charge is -2.45. The molecular weight excluding hydrogens is 651 g/mol. The molecule has 0 saturated carbocycles. The van der Waals surface area contributed by atoms with Crippen molar-refractivity contribution in [2.24, 2.45) is 5.92 Å². The van der Waals surface area contributed by atoms with Crippen molar-refractivity contribution in [3.8, 4) is 0 Å². The van der Waals surface area contributed by atoms with E-state index in [0.29, 0.717) is 12.3 Å². The molecule has 0 bridgehead atoms. The van der Waals surface area contributed by atoms with E-state index in [9.17, 15) is 24.0 Å². The number of halogens is 2. The molecule has 0 aromatic carbocycles. The molecule has 1 amide bonds. The predicted octanol–water partition coefficient (Wildman–Crippen LogP) is 5.86. The molecule has 2 saturated heterocycles. The molecule has 2 rings (SSSR count). The Morgan fingerprint density at radius 2 is 1.50 bits per heavy atom. The number of likely N-dealkylation sites (tertiary alicyclic amines) is 1. The van der Waals surface area contributed by atoms with Crippen LogP contribution in [0.15, 0.2) is 0 Å². The number of hydrogen-bond donors (Lipinski definition) is 3. The van der Waals surface area contributed by atoms with E-state index in [1.165, 1.54) is 64.0 Å². The third kappa shape index (κ3) is 14.6. The van der Waals surface area contributed by atoms with Crippen LogP contribution in [-0.2, 0) is 29.9 Å². The van der Waals surface area contributed by atoms with Crippen LogP contribution in [0, 0.1) is 5.92 Å². The first-order chi connectivity index (χ1) is 21.5. The number of carbonyl (C=O) groups excluding carboxylic acids is 2. The van der Waals surface area contributed by atoms with E-state index in [1.807, 2.05) is 11.9 Å². The summed E-state index contributed by atoms with van der Waals surface area (Å²) in [6.45, 7) is 6.87. The zero-order chi connectivity index (χ0) is 33.4. The zero-order valence-corrected chi connectivity index (χ0v) is 31.4. The number of aliphatic hydroxyl groups excluding tert-OH is 2. The normalized spacial score (nSPS) is 28.7. The summed E-state index contributed by atoms with van der Waals surface area (Å²) in [4.78, 5) is 28.0. The van der Waals surface area contributed by atoms with Gasteiger partial charge in [-0.1, -0.05) is 97.3 Å². The number of rotatable bonds is 22. The molecule has 3 N–H and O–H groups in total. The molecule has 0 radical (unpaired) electrons. The number of amides is 1. The van der Waals surface area contributed by atoms with Gasteiger partial charge in [0.2, 0.25) is 5.91 Å². The second kappa shape index (κ2) is 23.8. The van der Waals surface area contributed by atoms with Gasteiger partial charge < -0.3 is 25.0 Å². The number of hydrogen-bond acceptors (Lipinski definition) is 8. The first-order valence-electron chi connectivity index (χ1n) is 17.7. The number of alkyl halides is 1.